The summed E-state index contributed by atoms with van der Waals surface area (Å²) in [5.74, 6) is -0.589. The third kappa shape index (κ3) is 6.28. The number of ketones is 1. The molecule has 2 heterocycles. The van der Waals surface area contributed by atoms with Crippen LogP contribution in [0.2, 0.25) is 5.02 Å². The van der Waals surface area contributed by atoms with Crippen molar-refractivity contribution in [2.24, 2.45) is 0 Å². The van der Waals surface area contributed by atoms with E-state index in [1.165, 1.54) is 11.0 Å². The van der Waals surface area contributed by atoms with Gasteiger partial charge >= 0.3 is 0 Å². The highest BCUT2D eigenvalue weighted by atomic mass is 35.5. The van der Waals surface area contributed by atoms with Gasteiger partial charge < -0.3 is 24.0 Å². The lowest BCUT2D eigenvalue weighted by atomic mass is 9.95. The monoisotopic (exact) mass is 571 g/mol. The van der Waals surface area contributed by atoms with Crippen LogP contribution in [-0.4, -0.2) is 44.4 Å². The number of carbonyl (C=O) groups is 2. The number of halogens is 1. The van der Waals surface area contributed by atoms with Crippen LogP contribution < -0.4 is 9.47 Å². The molecular weight excluding hydrogens is 542 g/mol. The van der Waals surface area contributed by atoms with E-state index >= 15 is 0 Å². The molecule has 1 N–H and O–H groups in total. The molecule has 1 atom stereocenters. The zero-order chi connectivity index (χ0) is 28.8. The standard InChI is InChI=1S/C32H30ClN3O5/c1-2-40-27-14-11-24(19-26(27)33)30(37)28-29(36(32(39)31(28)38)17-6-16-35-18-15-34-21-35)23-9-12-25(13-10-23)41-20-22-7-4-3-5-8-22/h3-5,7-15,18-19,21,29,37H,2,6,16-17,20H2,1H3/t29-/m1/s1. The van der Waals surface area contributed by atoms with Gasteiger partial charge in [-0.05, 0) is 54.8 Å². The maximum Gasteiger partial charge on any atom is 0.295 e. The average molecular weight is 572 g/mol. The van der Waals surface area contributed by atoms with Gasteiger partial charge in [-0.3, -0.25) is 9.59 Å². The van der Waals surface area contributed by atoms with Crippen molar-refractivity contribution in [2.75, 3.05) is 13.2 Å². The molecule has 8 nitrogen and oxygen atoms in total. The van der Waals surface area contributed by atoms with E-state index in [1.54, 1.807) is 36.8 Å². The van der Waals surface area contributed by atoms with Gasteiger partial charge in [0.25, 0.3) is 11.7 Å². The van der Waals surface area contributed by atoms with Crippen LogP contribution in [0, 0.1) is 0 Å². The number of aliphatic hydroxyl groups excluding tert-OH is 1. The van der Waals surface area contributed by atoms with Crippen molar-refractivity contribution >= 4 is 29.1 Å². The first-order valence-corrected chi connectivity index (χ1v) is 13.8. The Balaban J connectivity index is 1.46. The molecule has 1 aliphatic rings. The normalized spacial score (nSPS) is 16.2. The number of Topliss-reactive ketones (excluding diaryl/α,β-unsaturated/α-hetero) is 1. The number of hydrogen-bond donors (Lipinski definition) is 1. The molecule has 0 unspecified atom stereocenters. The van der Waals surface area contributed by atoms with E-state index in [9.17, 15) is 14.7 Å². The molecule has 0 bridgehead atoms. The summed E-state index contributed by atoms with van der Waals surface area (Å²) in [5.41, 5.74) is 2.05. The molecule has 1 fully saturated rings. The number of aromatic nitrogens is 2. The van der Waals surface area contributed by atoms with Crippen LogP contribution >= 0.6 is 11.6 Å². The second-order valence-corrected chi connectivity index (χ2v) is 9.98. The molecule has 1 aliphatic heterocycles. The second-order valence-electron chi connectivity index (χ2n) is 9.57. The quantitative estimate of drug-likeness (QED) is 0.134. The largest absolute Gasteiger partial charge is 0.507 e. The minimum absolute atomic E-state index is 0.0100. The average Bonchev–Trinajstić information content (AvgIpc) is 3.60. The highest BCUT2D eigenvalue weighted by molar-refractivity contribution is 6.46. The van der Waals surface area contributed by atoms with E-state index in [1.807, 2.05) is 60.2 Å². The summed E-state index contributed by atoms with van der Waals surface area (Å²) in [5, 5.41) is 11.7. The first-order valence-electron chi connectivity index (χ1n) is 13.4. The van der Waals surface area contributed by atoms with E-state index in [-0.39, 0.29) is 11.3 Å². The number of nitrogens with zero attached hydrogens (tertiary/aromatic N) is 3. The van der Waals surface area contributed by atoms with Crippen molar-refractivity contribution in [1.29, 1.82) is 0 Å². The molecule has 4 aromatic rings. The maximum atomic E-state index is 13.4. The molecule has 0 aliphatic carbocycles. The predicted octanol–water partition coefficient (Wildman–Crippen LogP) is 6.03. The van der Waals surface area contributed by atoms with Gasteiger partial charge in [-0.1, -0.05) is 54.1 Å². The number of rotatable bonds is 11. The van der Waals surface area contributed by atoms with Gasteiger partial charge in [-0.15, -0.1) is 0 Å². The topological polar surface area (TPSA) is 93.9 Å². The second kappa shape index (κ2) is 12.7. The Labute approximate surface area is 243 Å². The molecule has 41 heavy (non-hydrogen) atoms. The van der Waals surface area contributed by atoms with Crippen LogP contribution in [0.5, 0.6) is 11.5 Å². The van der Waals surface area contributed by atoms with Crippen molar-refractivity contribution in [3.63, 3.8) is 0 Å². The van der Waals surface area contributed by atoms with Gasteiger partial charge in [0.05, 0.1) is 29.6 Å². The lowest BCUT2D eigenvalue weighted by molar-refractivity contribution is -0.139. The fraction of sp³-hybridized carbons (Fsp3) is 0.219. The fourth-order valence-electron chi connectivity index (χ4n) is 4.86. The zero-order valence-corrected chi connectivity index (χ0v) is 23.3. The Bertz CT molecular complexity index is 1540. The zero-order valence-electron chi connectivity index (χ0n) is 22.6. The van der Waals surface area contributed by atoms with Crippen LogP contribution in [-0.2, 0) is 22.7 Å². The van der Waals surface area contributed by atoms with Crippen molar-refractivity contribution in [3.05, 3.63) is 119 Å². The van der Waals surface area contributed by atoms with Crippen LogP contribution in [0.4, 0.5) is 0 Å². The smallest absolute Gasteiger partial charge is 0.295 e. The van der Waals surface area contributed by atoms with Crippen LogP contribution in [0.1, 0.15) is 36.1 Å². The molecular formula is C32H30ClN3O5. The van der Waals surface area contributed by atoms with Crippen molar-refractivity contribution in [1.82, 2.24) is 14.5 Å². The van der Waals surface area contributed by atoms with Crippen LogP contribution in [0.3, 0.4) is 0 Å². The molecule has 0 radical (unpaired) electrons. The highest BCUT2D eigenvalue weighted by Gasteiger charge is 2.45. The summed E-state index contributed by atoms with van der Waals surface area (Å²) in [6, 6.07) is 21.1. The third-order valence-electron chi connectivity index (χ3n) is 6.86. The van der Waals surface area contributed by atoms with Gasteiger partial charge in [0, 0.05) is 31.0 Å². The minimum Gasteiger partial charge on any atom is -0.507 e. The third-order valence-corrected chi connectivity index (χ3v) is 7.16. The number of ether oxygens (including phenoxy) is 2. The Morgan fingerprint density at radius 1 is 1.00 bits per heavy atom. The lowest BCUT2D eigenvalue weighted by Gasteiger charge is -2.25. The summed E-state index contributed by atoms with van der Waals surface area (Å²) < 4.78 is 13.3. The number of aliphatic hydroxyl groups is 1. The number of hydrogen-bond acceptors (Lipinski definition) is 6. The first kappa shape index (κ1) is 28.0. The molecule has 1 aromatic heterocycles. The molecule has 9 heteroatoms. The number of aryl methyl sites for hydroxylation is 1. The van der Waals surface area contributed by atoms with Crippen molar-refractivity contribution in [2.45, 2.75) is 32.5 Å². The molecule has 1 amide bonds. The molecule has 0 spiro atoms. The Morgan fingerprint density at radius 3 is 2.46 bits per heavy atom. The van der Waals surface area contributed by atoms with Gasteiger partial charge in [0.1, 0.15) is 23.9 Å². The molecule has 0 saturated carbocycles. The predicted molar refractivity (Wildman–Crippen MR) is 156 cm³/mol. The lowest BCUT2D eigenvalue weighted by Crippen LogP contribution is -2.31. The van der Waals surface area contributed by atoms with Crippen molar-refractivity contribution < 1.29 is 24.2 Å². The Morgan fingerprint density at radius 2 is 1.78 bits per heavy atom. The fourth-order valence-corrected chi connectivity index (χ4v) is 5.10. The number of likely N-dealkylation sites (tertiary alicyclic amines) is 1. The number of amides is 1. The van der Waals surface area contributed by atoms with Crippen molar-refractivity contribution in [3.8, 4) is 11.5 Å². The summed E-state index contributed by atoms with van der Waals surface area (Å²) in [4.78, 5) is 32.3. The molecule has 1 saturated heterocycles. The summed E-state index contributed by atoms with van der Waals surface area (Å²) in [6.45, 7) is 3.61. The van der Waals surface area contributed by atoms with Crippen LogP contribution in [0.15, 0.2) is 97.1 Å². The Hall–Kier alpha value is -4.56. The van der Waals surface area contributed by atoms with Crippen LogP contribution in [0.25, 0.3) is 5.76 Å². The number of benzene rings is 3. The number of imidazole rings is 1. The van der Waals surface area contributed by atoms with E-state index < -0.39 is 17.7 Å². The van der Waals surface area contributed by atoms with E-state index in [0.29, 0.717) is 60.4 Å². The summed E-state index contributed by atoms with van der Waals surface area (Å²) in [6.07, 6.45) is 5.83. The summed E-state index contributed by atoms with van der Waals surface area (Å²) >= 11 is 6.37. The Kier molecular flexibility index (Phi) is 8.70. The van der Waals surface area contributed by atoms with Gasteiger partial charge in [-0.2, -0.15) is 0 Å². The van der Waals surface area contributed by atoms with Gasteiger partial charge in [0.15, 0.2) is 0 Å². The highest BCUT2D eigenvalue weighted by Crippen LogP contribution is 2.41. The molecule has 210 valence electrons. The first-order chi connectivity index (χ1) is 20.0. The van der Waals surface area contributed by atoms with E-state index in [4.69, 9.17) is 21.1 Å². The number of carbonyl (C=O) groups excluding carboxylic acids is 2. The van der Waals surface area contributed by atoms with Gasteiger partial charge in [-0.25, -0.2) is 4.98 Å². The minimum atomic E-state index is -0.786. The maximum absolute atomic E-state index is 13.4. The summed E-state index contributed by atoms with van der Waals surface area (Å²) in [7, 11) is 0. The SMILES string of the molecule is CCOc1ccc(C(O)=C2C(=O)C(=O)N(CCCn3ccnc3)[C@@H]2c2ccc(OCc3ccccc3)cc2)cc1Cl. The van der Waals surface area contributed by atoms with E-state index in [2.05, 4.69) is 4.98 Å². The van der Waals surface area contributed by atoms with Gasteiger partial charge in [0.2, 0.25) is 0 Å². The van der Waals surface area contributed by atoms with E-state index in [0.717, 1.165) is 5.56 Å². The molecule has 5 rings (SSSR count). The molecule has 3 aromatic carbocycles.